The number of amides is 1. The van der Waals surface area contributed by atoms with Gasteiger partial charge in [-0.3, -0.25) is 4.79 Å². The molecule has 1 aliphatic carbocycles. The number of ether oxygens (including phenoxy) is 1. The summed E-state index contributed by atoms with van der Waals surface area (Å²) in [6.07, 6.45) is 8.50. The molecule has 0 saturated heterocycles. The summed E-state index contributed by atoms with van der Waals surface area (Å²) < 4.78 is 5.60. The van der Waals surface area contributed by atoms with Crippen LogP contribution >= 0.6 is 0 Å². The molecule has 0 aromatic heterocycles. The van der Waals surface area contributed by atoms with E-state index in [0.717, 1.165) is 18.4 Å². The second-order valence-electron chi connectivity index (χ2n) is 5.71. The number of nitrogens with two attached hydrogens (primary N) is 1. The molecule has 3 N–H and O–H groups in total. The summed E-state index contributed by atoms with van der Waals surface area (Å²) in [6, 6.07) is 7.89. The van der Waals surface area contributed by atoms with Gasteiger partial charge in [-0.1, -0.05) is 50.3 Å². The monoisotopic (exact) mass is 290 g/mol. The lowest BCUT2D eigenvalue weighted by Crippen LogP contribution is -2.38. The molecule has 0 unspecified atom stereocenters. The fourth-order valence-corrected chi connectivity index (χ4v) is 2.83. The van der Waals surface area contributed by atoms with E-state index in [9.17, 15) is 4.79 Å². The van der Waals surface area contributed by atoms with E-state index in [1.54, 1.807) is 0 Å². The Balaban J connectivity index is 1.78. The molecule has 0 spiro atoms. The van der Waals surface area contributed by atoms with Crippen LogP contribution in [-0.4, -0.2) is 18.6 Å². The summed E-state index contributed by atoms with van der Waals surface area (Å²) in [6.45, 7) is 0.480. The van der Waals surface area contributed by atoms with Crippen LogP contribution in [0, 0.1) is 0 Å². The topological polar surface area (TPSA) is 64.3 Å². The van der Waals surface area contributed by atoms with Crippen molar-refractivity contribution in [3.63, 3.8) is 0 Å². The van der Waals surface area contributed by atoms with Gasteiger partial charge in [0.15, 0.2) is 6.61 Å². The van der Waals surface area contributed by atoms with E-state index in [4.69, 9.17) is 10.5 Å². The molecule has 1 saturated carbocycles. The van der Waals surface area contributed by atoms with Crippen LogP contribution in [0.5, 0.6) is 5.75 Å². The Bertz CT molecular complexity index is 440. The minimum Gasteiger partial charge on any atom is -0.483 e. The van der Waals surface area contributed by atoms with Gasteiger partial charge >= 0.3 is 0 Å². The maximum atomic E-state index is 12.0. The number of hydrogen-bond donors (Lipinski definition) is 2. The summed E-state index contributed by atoms with van der Waals surface area (Å²) in [5, 5.41) is 3.10. The molecular weight excluding hydrogens is 264 g/mol. The lowest BCUT2D eigenvalue weighted by Gasteiger charge is -2.21. The fraction of sp³-hybridized carbons (Fsp3) is 0.588. The second kappa shape index (κ2) is 8.67. The highest BCUT2D eigenvalue weighted by molar-refractivity contribution is 5.77. The number of carbonyl (C=O) groups is 1. The molecular formula is C17H26N2O2. The molecule has 0 bridgehead atoms. The Morgan fingerprint density at radius 3 is 2.52 bits per heavy atom. The molecule has 1 aromatic rings. The van der Waals surface area contributed by atoms with Crippen LogP contribution < -0.4 is 15.8 Å². The number of rotatable bonds is 5. The average molecular weight is 290 g/mol. The predicted octanol–water partition coefficient (Wildman–Crippen LogP) is 2.75. The Morgan fingerprint density at radius 1 is 1.14 bits per heavy atom. The van der Waals surface area contributed by atoms with Crippen molar-refractivity contribution in [1.29, 1.82) is 0 Å². The maximum Gasteiger partial charge on any atom is 0.258 e. The number of hydrogen-bond acceptors (Lipinski definition) is 3. The lowest BCUT2D eigenvalue weighted by atomic mass is 9.97. The Hall–Kier alpha value is -1.55. The fourth-order valence-electron chi connectivity index (χ4n) is 2.83. The van der Waals surface area contributed by atoms with Crippen LogP contribution in [-0.2, 0) is 11.3 Å². The normalized spacial score (nSPS) is 16.8. The molecule has 116 valence electrons. The van der Waals surface area contributed by atoms with Crippen molar-refractivity contribution in [3.05, 3.63) is 29.8 Å². The summed E-state index contributed by atoms with van der Waals surface area (Å²) >= 11 is 0. The average Bonchev–Trinajstić information content (AvgIpc) is 2.48. The van der Waals surface area contributed by atoms with Crippen molar-refractivity contribution in [3.8, 4) is 5.75 Å². The molecule has 0 heterocycles. The van der Waals surface area contributed by atoms with Gasteiger partial charge in [0.25, 0.3) is 5.91 Å². The van der Waals surface area contributed by atoms with Crippen molar-refractivity contribution in [2.75, 3.05) is 6.61 Å². The smallest absolute Gasteiger partial charge is 0.258 e. The minimum atomic E-state index is -0.0348. The second-order valence-corrected chi connectivity index (χ2v) is 5.71. The molecule has 0 atom stereocenters. The van der Waals surface area contributed by atoms with Crippen LogP contribution in [0.2, 0.25) is 0 Å². The van der Waals surface area contributed by atoms with E-state index in [1.165, 1.54) is 32.1 Å². The van der Waals surface area contributed by atoms with Gasteiger partial charge in [0, 0.05) is 18.2 Å². The third-order valence-electron chi connectivity index (χ3n) is 4.02. The van der Waals surface area contributed by atoms with Gasteiger partial charge in [-0.2, -0.15) is 0 Å². The number of benzene rings is 1. The van der Waals surface area contributed by atoms with Crippen LogP contribution in [0.3, 0.4) is 0 Å². The lowest BCUT2D eigenvalue weighted by molar-refractivity contribution is -0.123. The molecule has 0 radical (unpaired) electrons. The molecule has 1 aliphatic rings. The third kappa shape index (κ3) is 5.38. The molecule has 0 aliphatic heterocycles. The zero-order valence-electron chi connectivity index (χ0n) is 12.6. The first-order valence-corrected chi connectivity index (χ1v) is 7.99. The van der Waals surface area contributed by atoms with Crippen molar-refractivity contribution >= 4 is 5.91 Å². The first-order valence-electron chi connectivity index (χ1n) is 7.99. The standard InChI is InChI=1S/C17H26N2O2/c18-12-14-8-6-7-11-16(14)21-13-17(20)19-15-9-4-2-1-3-5-10-15/h6-8,11,15H,1-5,9-10,12-13,18H2,(H,19,20). The molecule has 1 amide bonds. The van der Waals surface area contributed by atoms with E-state index in [-0.39, 0.29) is 12.5 Å². The zero-order valence-corrected chi connectivity index (χ0v) is 12.6. The van der Waals surface area contributed by atoms with Crippen LogP contribution in [0.25, 0.3) is 0 Å². The van der Waals surface area contributed by atoms with Crippen molar-refractivity contribution in [2.24, 2.45) is 5.73 Å². The van der Waals surface area contributed by atoms with Crippen molar-refractivity contribution in [2.45, 2.75) is 57.5 Å². The first kappa shape index (κ1) is 15.8. The quantitative estimate of drug-likeness (QED) is 0.876. The maximum absolute atomic E-state index is 12.0. The highest BCUT2D eigenvalue weighted by Crippen LogP contribution is 2.18. The van der Waals surface area contributed by atoms with Crippen LogP contribution in [0.4, 0.5) is 0 Å². The van der Waals surface area contributed by atoms with Crippen LogP contribution in [0.15, 0.2) is 24.3 Å². The minimum absolute atomic E-state index is 0.0348. The van der Waals surface area contributed by atoms with E-state index in [2.05, 4.69) is 5.32 Å². The Morgan fingerprint density at radius 2 is 1.81 bits per heavy atom. The number of nitrogens with one attached hydrogen (secondary N) is 1. The molecule has 1 fully saturated rings. The van der Waals surface area contributed by atoms with Gasteiger partial charge in [0.1, 0.15) is 5.75 Å². The SMILES string of the molecule is NCc1ccccc1OCC(=O)NC1CCCCCCC1. The van der Waals surface area contributed by atoms with Crippen LogP contribution in [0.1, 0.15) is 50.5 Å². The number of para-hydroxylation sites is 1. The Kier molecular flexibility index (Phi) is 6.54. The van der Waals surface area contributed by atoms with E-state index >= 15 is 0 Å². The van der Waals surface area contributed by atoms with Crippen molar-refractivity contribution < 1.29 is 9.53 Å². The van der Waals surface area contributed by atoms with Gasteiger partial charge in [0.2, 0.25) is 0 Å². The summed E-state index contributed by atoms with van der Waals surface area (Å²) in [5.41, 5.74) is 6.59. The van der Waals surface area contributed by atoms with Gasteiger partial charge in [-0.25, -0.2) is 0 Å². The van der Waals surface area contributed by atoms with Gasteiger partial charge in [-0.15, -0.1) is 0 Å². The summed E-state index contributed by atoms with van der Waals surface area (Å²) in [7, 11) is 0. The predicted molar refractivity (Wildman–Crippen MR) is 84.1 cm³/mol. The van der Waals surface area contributed by atoms with Gasteiger partial charge < -0.3 is 15.8 Å². The zero-order chi connectivity index (χ0) is 14.9. The van der Waals surface area contributed by atoms with Gasteiger partial charge in [-0.05, 0) is 18.9 Å². The molecule has 2 rings (SSSR count). The van der Waals surface area contributed by atoms with Crippen molar-refractivity contribution in [1.82, 2.24) is 5.32 Å². The largest absolute Gasteiger partial charge is 0.483 e. The molecule has 1 aromatic carbocycles. The van der Waals surface area contributed by atoms with Gasteiger partial charge in [0.05, 0.1) is 0 Å². The summed E-state index contributed by atoms with van der Waals surface area (Å²) in [5.74, 6) is 0.667. The first-order chi connectivity index (χ1) is 10.3. The highest BCUT2D eigenvalue weighted by Gasteiger charge is 2.14. The highest BCUT2D eigenvalue weighted by atomic mass is 16.5. The molecule has 4 nitrogen and oxygen atoms in total. The number of carbonyl (C=O) groups excluding carboxylic acids is 1. The summed E-state index contributed by atoms with van der Waals surface area (Å²) in [4.78, 5) is 12.0. The van der Waals surface area contributed by atoms with E-state index < -0.39 is 0 Å². The third-order valence-corrected chi connectivity index (χ3v) is 4.02. The van der Waals surface area contributed by atoms with E-state index in [0.29, 0.717) is 18.3 Å². The molecule has 4 heteroatoms. The Labute approximate surface area is 127 Å². The molecule has 21 heavy (non-hydrogen) atoms. The van der Waals surface area contributed by atoms with E-state index in [1.807, 2.05) is 24.3 Å².